The van der Waals surface area contributed by atoms with Gasteiger partial charge in [-0.1, -0.05) is 26.0 Å². The summed E-state index contributed by atoms with van der Waals surface area (Å²) in [5.74, 6) is 0.890. The Balaban J connectivity index is 2.07. The van der Waals surface area contributed by atoms with E-state index in [1.807, 2.05) is 24.3 Å². The quantitative estimate of drug-likeness (QED) is 0.685. The highest BCUT2D eigenvalue weighted by molar-refractivity contribution is 5.94. The molecule has 1 unspecified atom stereocenters. The van der Waals surface area contributed by atoms with Crippen LogP contribution < -0.4 is 4.74 Å². The molecule has 5 nitrogen and oxygen atoms in total. The second kappa shape index (κ2) is 9.08. The lowest BCUT2D eigenvalue weighted by molar-refractivity contribution is -0.147. The maximum Gasteiger partial charge on any atom is 0.229 e. The molecule has 1 aliphatic rings. The van der Waals surface area contributed by atoms with Gasteiger partial charge in [0.05, 0.1) is 19.3 Å². The molecule has 1 aromatic rings. The van der Waals surface area contributed by atoms with Crippen molar-refractivity contribution < 1.29 is 19.1 Å². The number of benzene rings is 1. The van der Waals surface area contributed by atoms with Gasteiger partial charge in [-0.15, -0.1) is 0 Å². The fourth-order valence-corrected chi connectivity index (χ4v) is 4.29. The van der Waals surface area contributed by atoms with Crippen LogP contribution in [0.3, 0.4) is 0 Å². The lowest BCUT2D eigenvalue weighted by atomic mass is 9.64. The minimum atomic E-state index is -0.216. The topological polar surface area (TPSA) is 55.8 Å². The van der Waals surface area contributed by atoms with E-state index in [4.69, 9.17) is 9.47 Å². The smallest absolute Gasteiger partial charge is 0.229 e. The van der Waals surface area contributed by atoms with Crippen LogP contribution in [0.15, 0.2) is 24.3 Å². The monoisotopic (exact) mass is 389 g/mol. The van der Waals surface area contributed by atoms with Gasteiger partial charge in [0.2, 0.25) is 11.8 Å². The number of ether oxygens (including phenoxy) is 2. The van der Waals surface area contributed by atoms with Crippen molar-refractivity contribution in [1.29, 1.82) is 0 Å². The van der Waals surface area contributed by atoms with Crippen LogP contribution in [0.2, 0.25) is 0 Å². The first kappa shape index (κ1) is 22.4. The summed E-state index contributed by atoms with van der Waals surface area (Å²) in [6.07, 6.45) is 3.05. The molecular formula is C23H35NO4. The molecule has 1 saturated heterocycles. The number of methoxy groups -OCH3 is 1. The summed E-state index contributed by atoms with van der Waals surface area (Å²) in [4.78, 5) is 26.4. The van der Waals surface area contributed by atoms with Crippen molar-refractivity contribution in [2.24, 2.45) is 11.3 Å². The summed E-state index contributed by atoms with van der Waals surface area (Å²) in [7, 11) is 1.61. The van der Waals surface area contributed by atoms with Gasteiger partial charge in [0.15, 0.2) is 0 Å². The molecule has 1 aliphatic heterocycles. The number of nitrogens with zero attached hydrogens (tertiary/aromatic N) is 1. The van der Waals surface area contributed by atoms with Gasteiger partial charge in [-0.3, -0.25) is 14.5 Å². The van der Waals surface area contributed by atoms with Crippen molar-refractivity contribution in [3.05, 3.63) is 29.8 Å². The normalized spacial score (nSPS) is 21.4. The molecule has 0 radical (unpaired) electrons. The van der Waals surface area contributed by atoms with Crippen LogP contribution in [-0.2, 0) is 20.9 Å². The van der Waals surface area contributed by atoms with Gasteiger partial charge in [-0.05, 0) is 62.1 Å². The molecule has 1 fully saturated rings. The molecule has 1 atom stereocenters. The average molecular weight is 390 g/mol. The number of hydrogen-bond acceptors (Lipinski definition) is 4. The van der Waals surface area contributed by atoms with Gasteiger partial charge in [0.25, 0.3) is 0 Å². The molecule has 1 aromatic carbocycles. The highest BCUT2D eigenvalue weighted by Gasteiger charge is 2.43. The van der Waals surface area contributed by atoms with E-state index >= 15 is 0 Å². The van der Waals surface area contributed by atoms with Gasteiger partial charge in [0.1, 0.15) is 5.75 Å². The van der Waals surface area contributed by atoms with E-state index in [0.717, 1.165) is 37.2 Å². The largest absolute Gasteiger partial charge is 0.497 e. The van der Waals surface area contributed by atoms with Crippen LogP contribution in [0.4, 0.5) is 0 Å². The van der Waals surface area contributed by atoms with Crippen molar-refractivity contribution in [2.45, 2.75) is 72.4 Å². The van der Waals surface area contributed by atoms with Crippen LogP contribution in [0.5, 0.6) is 5.75 Å². The zero-order chi connectivity index (χ0) is 20.9. The van der Waals surface area contributed by atoms with Gasteiger partial charge in [0, 0.05) is 20.0 Å². The Morgan fingerprint density at radius 2 is 1.86 bits per heavy atom. The third-order valence-corrected chi connectivity index (χ3v) is 6.11. The first-order chi connectivity index (χ1) is 13.1. The summed E-state index contributed by atoms with van der Waals surface area (Å²) in [6.45, 7) is 11.2. The van der Waals surface area contributed by atoms with Crippen LogP contribution in [0.1, 0.15) is 65.9 Å². The maximum atomic E-state index is 12.9. The van der Waals surface area contributed by atoms with Crippen molar-refractivity contribution in [1.82, 2.24) is 4.90 Å². The van der Waals surface area contributed by atoms with E-state index in [9.17, 15) is 9.59 Å². The van der Waals surface area contributed by atoms with Crippen molar-refractivity contribution in [2.75, 3.05) is 13.7 Å². The SMILES string of the molecule is COc1ccc(CN(C(C)=O)C(=O)CCC2(C(C)C)CCOC(C)(C)C2)cc1. The van der Waals surface area contributed by atoms with Crippen molar-refractivity contribution in [3.8, 4) is 5.75 Å². The van der Waals surface area contributed by atoms with Gasteiger partial charge < -0.3 is 9.47 Å². The molecule has 0 aliphatic carbocycles. The summed E-state index contributed by atoms with van der Waals surface area (Å²) in [6, 6.07) is 7.46. The minimum absolute atomic E-state index is 0.0694. The number of amides is 2. The minimum Gasteiger partial charge on any atom is -0.497 e. The molecule has 0 N–H and O–H groups in total. The Morgan fingerprint density at radius 1 is 1.21 bits per heavy atom. The molecule has 156 valence electrons. The number of hydrogen-bond donors (Lipinski definition) is 0. The summed E-state index contributed by atoms with van der Waals surface area (Å²) < 4.78 is 11.1. The third-order valence-electron chi connectivity index (χ3n) is 6.11. The third kappa shape index (κ3) is 5.57. The zero-order valence-corrected chi connectivity index (χ0v) is 18.2. The van der Waals surface area contributed by atoms with Gasteiger partial charge in [-0.2, -0.15) is 0 Å². The zero-order valence-electron chi connectivity index (χ0n) is 18.2. The number of imide groups is 1. The van der Waals surface area contributed by atoms with Gasteiger partial charge in [-0.25, -0.2) is 0 Å². The number of carbonyl (C=O) groups is 2. The standard InChI is InChI=1S/C23H35NO4/c1-17(2)23(13-14-28-22(4,5)16-23)12-11-21(26)24(18(3)25)15-19-7-9-20(27-6)10-8-19/h7-10,17H,11-16H2,1-6H3. The summed E-state index contributed by atoms with van der Waals surface area (Å²) >= 11 is 0. The molecule has 0 spiro atoms. The van der Waals surface area contributed by atoms with Crippen molar-refractivity contribution >= 4 is 11.8 Å². The van der Waals surface area contributed by atoms with E-state index in [2.05, 4.69) is 27.7 Å². The Bertz CT molecular complexity index is 680. The molecule has 0 bridgehead atoms. The van der Waals surface area contributed by atoms with E-state index < -0.39 is 0 Å². The Labute approximate surface area is 169 Å². The number of carbonyl (C=O) groups excluding carboxylic acids is 2. The second-order valence-electron chi connectivity index (χ2n) is 8.90. The fraction of sp³-hybridized carbons (Fsp3) is 0.652. The Hall–Kier alpha value is -1.88. The Morgan fingerprint density at radius 3 is 2.36 bits per heavy atom. The van der Waals surface area contributed by atoms with Crippen LogP contribution >= 0.6 is 0 Å². The average Bonchev–Trinajstić information content (AvgIpc) is 2.63. The van der Waals surface area contributed by atoms with Crippen LogP contribution in [0, 0.1) is 11.3 Å². The van der Waals surface area contributed by atoms with Crippen LogP contribution in [-0.4, -0.2) is 36.0 Å². The molecule has 0 saturated carbocycles. The predicted octanol–water partition coefficient (Wildman–Crippen LogP) is 4.58. The first-order valence-corrected chi connectivity index (χ1v) is 10.2. The molecule has 2 amide bonds. The lowest BCUT2D eigenvalue weighted by Gasteiger charge is -2.48. The lowest BCUT2D eigenvalue weighted by Crippen LogP contribution is -2.45. The highest BCUT2D eigenvalue weighted by Crippen LogP contribution is 2.47. The Kier molecular flexibility index (Phi) is 7.27. The maximum absolute atomic E-state index is 12.9. The van der Waals surface area contributed by atoms with Crippen LogP contribution in [0.25, 0.3) is 0 Å². The van der Waals surface area contributed by atoms with E-state index in [-0.39, 0.29) is 22.8 Å². The van der Waals surface area contributed by atoms with E-state index in [1.165, 1.54) is 11.8 Å². The number of rotatable bonds is 7. The summed E-state index contributed by atoms with van der Waals surface area (Å²) in [5, 5.41) is 0. The molecule has 0 aromatic heterocycles. The van der Waals surface area contributed by atoms with E-state index in [1.54, 1.807) is 7.11 Å². The molecular weight excluding hydrogens is 354 g/mol. The molecule has 2 rings (SSSR count). The van der Waals surface area contributed by atoms with E-state index in [0.29, 0.717) is 18.9 Å². The van der Waals surface area contributed by atoms with Crippen molar-refractivity contribution in [3.63, 3.8) is 0 Å². The molecule has 5 heteroatoms. The summed E-state index contributed by atoms with van der Waals surface area (Å²) in [5.41, 5.74) is 0.810. The van der Waals surface area contributed by atoms with Gasteiger partial charge >= 0.3 is 0 Å². The highest BCUT2D eigenvalue weighted by atomic mass is 16.5. The second-order valence-corrected chi connectivity index (χ2v) is 8.90. The molecule has 1 heterocycles. The fourth-order valence-electron chi connectivity index (χ4n) is 4.29. The first-order valence-electron chi connectivity index (χ1n) is 10.2. The predicted molar refractivity (Wildman–Crippen MR) is 110 cm³/mol. The molecule has 28 heavy (non-hydrogen) atoms.